The van der Waals surface area contributed by atoms with Gasteiger partial charge in [-0.3, -0.25) is 9.69 Å². The monoisotopic (exact) mass is 355 g/mol. The number of nitrogens with zero attached hydrogens (tertiary/aromatic N) is 1. The van der Waals surface area contributed by atoms with Crippen LogP contribution < -0.4 is 0 Å². The molecule has 1 aliphatic rings. The third-order valence-electron chi connectivity index (χ3n) is 4.94. The molecule has 0 heterocycles. The smallest absolute Gasteiger partial charge is 0.303 e. The Morgan fingerprint density at radius 3 is 2.04 bits per heavy atom. The second-order valence-electron chi connectivity index (χ2n) is 6.96. The molecular formula is C22H26FNO2. The molecule has 1 fully saturated rings. The Kier molecular flexibility index (Phi) is 6.40. The lowest BCUT2D eigenvalue weighted by Crippen LogP contribution is -2.51. The number of carbonyl (C=O) groups is 1. The molecule has 1 aliphatic carbocycles. The van der Waals surface area contributed by atoms with Crippen molar-refractivity contribution in [1.29, 1.82) is 0 Å². The van der Waals surface area contributed by atoms with E-state index in [0.717, 1.165) is 12.8 Å². The normalized spacial score (nSPS) is 23.0. The van der Waals surface area contributed by atoms with Crippen LogP contribution in [0.4, 0.5) is 4.39 Å². The van der Waals surface area contributed by atoms with Crippen LogP contribution in [0.2, 0.25) is 0 Å². The summed E-state index contributed by atoms with van der Waals surface area (Å²) >= 11 is 0. The zero-order valence-electron chi connectivity index (χ0n) is 15.2. The third kappa shape index (κ3) is 4.92. The third-order valence-corrected chi connectivity index (χ3v) is 4.94. The van der Waals surface area contributed by atoms with Gasteiger partial charge in [-0.1, -0.05) is 60.7 Å². The summed E-state index contributed by atoms with van der Waals surface area (Å²) in [6.45, 7) is 2.76. The Morgan fingerprint density at radius 1 is 1.00 bits per heavy atom. The molecule has 138 valence electrons. The van der Waals surface area contributed by atoms with Gasteiger partial charge in [0.2, 0.25) is 0 Å². The van der Waals surface area contributed by atoms with Gasteiger partial charge in [0.05, 0.1) is 6.04 Å². The molecule has 2 aromatic carbocycles. The summed E-state index contributed by atoms with van der Waals surface area (Å²) in [5.41, 5.74) is 2.34. The van der Waals surface area contributed by atoms with Gasteiger partial charge in [-0.2, -0.15) is 0 Å². The van der Waals surface area contributed by atoms with Gasteiger partial charge in [0.1, 0.15) is 12.3 Å². The first kappa shape index (κ1) is 18.6. The molecule has 3 atom stereocenters. The van der Waals surface area contributed by atoms with Crippen LogP contribution in [0, 0.1) is 0 Å². The highest BCUT2D eigenvalue weighted by Gasteiger charge is 2.39. The minimum Gasteiger partial charge on any atom is -0.458 e. The minimum atomic E-state index is -1.10. The summed E-state index contributed by atoms with van der Waals surface area (Å²) in [5, 5.41) is 0. The first-order chi connectivity index (χ1) is 12.6. The van der Waals surface area contributed by atoms with Crippen molar-refractivity contribution in [3.63, 3.8) is 0 Å². The van der Waals surface area contributed by atoms with Crippen molar-refractivity contribution in [2.45, 2.75) is 57.6 Å². The molecule has 0 bridgehead atoms. The second kappa shape index (κ2) is 8.95. The zero-order chi connectivity index (χ0) is 18.4. The topological polar surface area (TPSA) is 29.5 Å². The van der Waals surface area contributed by atoms with Crippen molar-refractivity contribution in [2.75, 3.05) is 0 Å². The van der Waals surface area contributed by atoms with E-state index in [1.54, 1.807) is 0 Å². The largest absolute Gasteiger partial charge is 0.458 e. The van der Waals surface area contributed by atoms with Crippen LogP contribution in [0.25, 0.3) is 0 Å². The van der Waals surface area contributed by atoms with Crippen molar-refractivity contribution >= 4 is 5.97 Å². The number of carbonyl (C=O) groups excluding carboxylic acids is 1. The summed E-state index contributed by atoms with van der Waals surface area (Å²) in [6.07, 6.45) is 0.293. The molecule has 26 heavy (non-hydrogen) atoms. The Hall–Kier alpha value is -2.20. The van der Waals surface area contributed by atoms with Crippen LogP contribution in [0.3, 0.4) is 0 Å². The molecular weight excluding hydrogens is 329 g/mol. The molecule has 0 N–H and O–H groups in total. The SMILES string of the molecule is CC(=O)O[C@H]1[C@H](N(Cc2ccccc2)Cc2ccccc2)CCC[C@@H]1F. The molecule has 4 heteroatoms. The van der Waals surface area contributed by atoms with E-state index in [4.69, 9.17) is 4.74 Å². The predicted molar refractivity (Wildman–Crippen MR) is 100 cm³/mol. The average Bonchev–Trinajstić information content (AvgIpc) is 2.64. The van der Waals surface area contributed by atoms with Crippen LogP contribution >= 0.6 is 0 Å². The molecule has 0 spiro atoms. The van der Waals surface area contributed by atoms with Crippen LogP contribution in [-0.2, 0) is 22.6 Å². The van der Waals surface area contributed by atoms with Crippen molar-refractivity contribution in [2.24, 2.45) is 0 Å². The molecule has 3 rings (SSSR count). The van der Waals surface area contributed by atoms with E-state index in [0.29, 0.717) is 19.5 Å². The highest BCUT2D eigenvalue weighted by molar-refractivity contribution is 5.66. The number of hydrogen-bond donors (Lipinski definition) is 0. The number of benzene rings is 2. The van der Waals surface area contributed by atoms with E-state index in [-0.39, 0.29) is 6.04 Å². The van der Waals surface area contributed by atoms with Gasteiger partial charge in [-0.15, -0.1) is 0 Å². The fourth-order valence-corrected chi connectivity index (χ4v) is 3.75. The van der Waals surface area contributed by atoms with Crippen molar-refractivity contribution < 1.29 is 13.9 Å². The highest BCUT2D eigenvalue weighted by atomic mass is 19.1. The number of halogens is 1. The van der Waals surface area contributed by atoms with Crippen molar-refractivity contribution in [1.82, 2.24) is 4.90 Å². The number of alkyl halides is 1. The summed E-state index contributed by atoms with van der Waals surface area (Å²) in [6, 6.07) is 20.2. The number of rotatable bonds is 6. The second-order valence-corrected chi connectivity index (χ2v) is 6.96. The lowest BCUT2D eigenvalue weighted by Gasteiger charge is -2.41. The maximum absolute atomic E-state index is 14.6. The van der Waals surface area contributed by atoms with Crippen molar-refractivity contribution in [3.8, 4) is 0 Å². The fourth-order valence-electron chi connectivity index (χ4n) is 3.75. The summed E-state index contributed by atoms with van der Waals surface area (Å²) in [4.78, 5) is 13.8. The molecule has 0 aliphatic heterocycles. The molecule has 0 aromatic heterocycles. The van der Waals surface area contributed by atoms with E-state index in [1.807, 2.05) is 36.4 Å². The number of hydrogen-bond acceptors (Lipinski definition) is 3. The standard InChI is InChI=1S/C22H26FNO2/c1-17(25)26-22-20(23)13-8-14-21(22)24(15-18-9-4-2-5-10-18)16-19-11-6-3-7-12-19/h2-7,9-12,20-22H,8,13-16H2,1H3/t20-,21+,22+/m0/s1. The quantitative estimate of drug-likeness (QED) is 0.714. The molecule has 0 amide bonds. The van der Waals surface area contributed by atoms with Gasteiger partial charge in [-0.25, -0.2) is 4.39 Å². The van der Waals surface area contributed by atoms with E-state index in [1.165, 1.54) is 18.1 Å². The predicted octanol–water partition coefficient (Wildman–Crippen LogP) is 4.51. The summed E-state index contributed by atoms with van der Waals surface area (Å²) in [5.74, 6) is -0.413. The van der Waals surface area contributed by atoms with E-state index < -0.39 is 18.2 Å². The lowest BCUT2D eigenvalue weighted by molar-refractivity contribution is -0.158. The fraction of sp³-hybridized carbons (Fsp3) is 0.409. The maximum Gasteiger partial charge on any atom is 0.303 e. The van der Waals surface area contributed by atoms with Crippen LogP contribution in [0.1, 0.15) is 37.3 Å². The van der Waals surface area contributed by atoms with Gasteiger partial charge in [0.15, 0.2) is 0 Å². The highest BCUT2D eigenvalue weighted by Crippen LogP contribution is 2.30. The van der Waals surface area contributed by atoms with Gasteiger partial charge in [0, 0.05) is 20.0 Å². The van der Waals surface area contributed by atoms with Gasteiger partial charge in [-0.05, 0) is 30.4 Å². The average molecular weight is 355 g/mol. The van der Waals surface area contributed by atoms with E-state index in [9.17, 15) is 9.18 Å². The number of ether oxygens (including phenoxy) is 1. The summed E-state index contributed by atoms with van der Waals surface area (Å²) in [7, 11) is 0. The molecule has 0 saturated heterocycles. The first-order valence-electron chi connectivity index (χ1n) is 9.26. The molecule has 0 radical (unpaired) electrons. The molecule has 3 nitrogen and oxygen atoms in total. The molecule has 2 aromatic rings. The van der Waals surface area contributed by atoms with Crippen LogP contribution in [0.15, 0.2) is 60.7 Å². The Balaban J connectivity index is 1.85. The summed E-state index contributed by atoms with van der Waals surface area (Å²) < 4.78 is 20.0. The Bertz CT molecular complexity index is 650. The van der Waals surface area contributed by atoms with Crippen LogP contribution in [0.5, 0.6) is 0 Å². The zero-order valence-corrected chi connectivity index (χ0v) is 15.2. The maximum atomic E-state index is 14.6. The minimum absolute atomic E-state index is 0.122. The van der Waals surface area contributed by atoms with Gasteiger partial charge < -0.3 is 4.74 Å². The van der Waals surface area contributed by atoms with Gasteiger partial charge in [0.25, 0.3) is 0 Å². The molecule has 1 saturated carbocycles. The van der Waals surface area contributed by atoms with Crippen molar-refractivity contribution in [3.05, 3.63) is 71.8 Å². The number of esters is 1. The van der Waals surface area contributed by atoms with Gasteiger partial charge >= 0.3 is 5.97 Å². The van der Waals surface area contributed by atoms with E-state index in [2.05, 4.69) is 29.2 Å². The lowest BCUT2D eigenvalue weighted by atomic mass is 9.89. The van der Waals surface area contributed by atoms with Crippen LogP contribution in [-0.4, -0.2) is 29.2 Å². The molecule has 0 unspecified atom stereocenters. The first-order valence-corrected chi connectivity index (χ1v) is 9.26. The van der Waals surface area contributed by atoms with E-state index >= 15 is 0 Å². The Morgan fingerprint density at radius 2 is 1.54 bits per heavy atom. The Labute approximate surface area is 154 Å².